The van der Waals surface area contributed by atoms with E-state index in [9.17, 15) is 5.26 Å². The minimum Gasteiger partial charge on any atom is -0.198 e. The molecule has 0 unspecified atom stereocenters. The summed E-state index contributed by atoms with van der Waals surface area (Å²) in [6, 6.07) is 11.3. The molecule has 0 aliphatic heterocycles. The molecule has 0 radical (unpaired) electrons. The van der Waals surface area contributed by atoms with E-state index in [0.29, 0.717) is 5.92 Å². The van der Waals surface area contributed by atoms with Crippen LogP contribution in [-0.4, -0.2) is 0 Å². The maximum Gasteiger partial charge on any atom is 0.0693 e. The minimum atomic E-state index is -0.0423. The maximum atomic E-state index is 9.19. The molecule has 0 saturated heterocycles. The van der Waals surface area contributed by atoms with E-state index >= 15 is 0 Å². The van der Waals surface area contributed by atoms with Crippen LogP contribution in [0.3, 0.4) is 0 Å². The van der Waals surface area contributed by atoms with Crippen LogP contribution in [0.5, 0.6) is 0 Å². The number of rotatable bonds is 3. The predicted molar refractivity (Wildman–Crippen MR) is 66.1 cm³/mol. The molecule has 2 rings (SSSR count). The molecule has 1 aliphatic rings. The van der Waals surface area contributed by atoms with Gasteiger partial charge in [-0.25, -0.2) is 0 Å². The third-order valence-electron chi connectivity index (χ3n) is 3.74. The Hall–Kier alpha value is -1.29. The van der Waals surface area contributed by atoms with E-state index in [4.69, 9.17) is 0 Å². The van der Waals surface area contributed by atoms with Crippen molar-refractivity contribution >= 4 is 0 Å². The highest BCUT2D eigenvalue weighted by molar-refractivity contribution is 5.27. The molecule has 84 valence electrons. The SMILES string of the molecule is CC(C)c1ccc(CC2(C#N)CCC2)cc1. The summed E-state index contributed by atoms with van der Waals surface area (Å²) in [4.78, 5) is 0. The van der Waals surface area contributed by atoms with Crippen molar-refractivity contribution in [3.05, 3.63) is 35.4 Å². The van der Waals surface area contributed by atoms with Crippen molar-refractivity contribution in [2.45, 2.75) is 45.4 Å². The highest BCUT2D eigenvalue weighted by atomic mass is 14.4. The zero-order valence-corrected chi connectivity index (χ0v) is 10.2. The molecule has 1 heteroatoms. The molecule has 0 N–H and O–H groups in total. The molecule has 0 spiro atoms. The fourth-order valence-corrected chi connectivity index (χ4v) is 2.34. The Balaban J connectivity index is 2.08. The van der Waals surface area contributed by atoms with Crippen molar-refractivity contribution in [3.8, 4) is 6.07 Å². The van der Waals surface area contributed by atoms with Gasteiger partial charge in [0.2, 0.25) is 0 Å². The van der Waals surface area contributed by atoms with Crippen LogP contribution in [0.15, 0.2) is 24.3 Å². The van der Waals surface area contributed by atoms with Gasteiger partial charge in [-0.1, -0.05) is 44.5 Å². The van der Waals surface area contributed by atoms with Crippen LogP contribution >= 0.6 is 0 Å². The first-order valence-corrected chi connectivity index (χ1v) is 6.15. The van der Waals surface area contributed by atoms with Gasteiger partial charge in [0.25, 0.3) is 0 Å². The lowest BCUT2D eigenvalue weighted by Gasteiger charge is -2.35. The molecule has 16 heavy (non-hydrogen) atoms. The summed E-state index contributed by atoms with van der Waals surface area (Å²) in [5.74, 6) is 0.586. The lowest BCUT2D eigenvalue weighted by atomic mass is 9.66. The van der Waals surface area contributed by atoms with Crippen molar-refractivity contribution in [2.24, 2.45) is 5.41 Å². The Morgan fingerprint density at radius 1 is 1.25 bits per heavy atom. The highest BCUT2D eigenvalue weighted by Gasteiger charge is 2.36. The zero-order valence-electron chi connectivity index (χ0n) is 10.2. The van der Waals surface area contributed by atoms with Gasteiger partial charge in [-0.3, -0.25) is 0 Å². The molecule has 0 amide bonds. The first-order chi connectivity index (χ1) is 7.65. The van der Waals surface area contributed by atoms with Crippen molar-refractivity contribution in [2.75, 3.05) is 0 Å². The van der Waals surface area contributed by atoms with Gasteiger partial charge in [0.1, 0.15) is 0 Å². The lowest BCUT2D eigenvalue weighted by Crippen LogP contribution is -2.29. The first-order valence-electron chi connectivity index (χ1n) is 6.15. The van der Waals surface area contributed by atoms with Gasteiger partial charge in [0.15, 0.2) is 0 Å². The summed E-state index contributed by atoms with van der Waals surface area (Å²) in [6.45, 7) is 4.41. The summed E-state index contributed by atoms with van der Waals surface area (Å²) >= 11 is 0. The van der Waals surface area contributed by atoms with Crippen molar-refractivity contribution < 1.29 is 0 Å². The van der Waals surface area contributed by atoms with Gasteiger partial charge in [-0.15, -0.1) is 0 Å². The molecule has 0 aromatic heterocycles. The Labute approximate surface area is 98.1 Å². The molecular formula is C15H19N. The molecule has 1 aromatic rings. The van der Waals surface area contributed by atoms with Crippen molar-refractivity contribution in [1.82, 2.24) is 0 Å². The fourth-order valence-electron chi connectivity index (χ4n) is 2.34. The summed E-state index contributed by atoms with van der Waals surface area (Å²) in [6.07, 6.45) is 4.31. The monoisotopic (exact) mass is 213 g/mol. The Morgan fingerprint density at radius 2 is 1.88 bits per heavy atom. The molecule has 0 bridgehead atoms. The second-order valence-electron chi connectivity index (χ2n) is 5.32. The quantitative estimate of drug-likeness (QED) is 0.743. The van der Waals surface area contributed by atoms with Gasteiger partial charge < -0.3 is 0 Å². The molecule has 1 saturated carbocycles. The summed E-state index contributed by atoms with van der Waals surface area (Å²) < 4.78 is 0. The average Bonchev–Trinajstić information content (AvgIpc) is 2.24. The van der Waals surface area contributed by atoms with Gasteiger partial charge in [-0.2, -0.15) is 5.26 Å². The Kier molecular flexibility index (Phi) is 3.01. The van der Waals surface area contributed by atoms with Crippen LogP contribution in [-0.2, 0) is 6.42 Å². The number of hydrogen-bond donors (Lipinski definition) is 0. The minimum absolute atomic E-state index is 0.0423. The zero-order chi connectivity index (χ0) is 11.6. The standard InChI is InChI=1S/C15H19N/c1-12(2)14-6-4-13(5-7-14)10-15(11-16)8-3-9-15/h4-7,12H,3,8-10H2,1-2H3. The number of benzene rings is 1. The van der Waals surface area contributed by atoms with Crippen LogP contribution in [0.1, 0.15) is 50.2 Å². The molecule has 1 aliphatic carbocycles. The van der Waals surface area contributed by atoms with Gasteiger partial charge in [0, 0.05) is 0 Å². The van der Waals surface area contributed by atoms with Crippen LogP contribution < -0.4 is 0 Å². The van der Waals surface area contributed by atoms with Crippen molar-refractivity contribution in [3.63, 3.8) is 0 Å². The Bertz CT molecular complexity index is 390. The van der Waals surface area contributed by atoms with Crippen molar-refractivity contribution in [1.29, 1.82) is 5.26 Å². The normalized spacial score (nSPS) is 17.9. The van der Waals surface area contributed by atoms with Crippen LogP contribution in [0, 0.1) is 16.7 Å². The van der Waals surface area contributed by atoms with E-state index in [1.807, 2.05) is 0 Å². The highest BCUT2D eigenvalue weighted by Crippen LogP contribution is 2.43. The predicted octanol–water partition coefficient (Wildman–Crippen LogP) is 4.05. The lowest BCUT2D eigenvalue weighted by molar-refractivity contribution is 0.214. The second-order valence-corrected chi connectivity index (χ2v) is 5.32. The van der Waals surface area contributed by atoms with E-state index in [-0.39, 0.29) is 5.41 Å². The largest absolute Gasteiger partial charge is 0.198 e. The van der Waals surface area contributed by atoms with E-state index in [0.717, 1.165) is 19.3 Å². The summed E-state index contributed by atoms with van der Waals surface area (Å²) in [5.41, 5.74) is 2.65. The van der Waals surface area contributed by atoms with Gasteiger partial charge >= 0.3 is 0 Å². The second kappa shape index (κ2) is 4.29. The van der Waals surface area contributed by atoms with E-state index in [1.165, 1.54) is 17.5 Å². The van der Waals surface area contributed by atoms with E-state index < -0.39 is 0 Å². The smallest absolute Gasteiger partial charge is 0.0693 e. The third kappa shape index (κ3) is 2.11. The van der Waals surface area contributed by atoms with Crippen LogP contribution in [0.25, 0.3) is 0 Å². The fraction of sp³-hybridized carbons (Fsp3) is 0.533. The molecular weight excluding hydrogens is 194 g/mol. The molecule has 0 atom stereocenters. The topological polar surface area (TPSA) is 23.8 Å². The third-order valence-corrected chi connectivity index (χ3v) is 3.74. The molecule has 1 aromatic carbocycles. The average molecular weight is 213 g/mol. The summed E-state index contributed by atoms with van der Waals surface area (Å²) in [5, 5.41) is 9.19. The van der Waals surface area contributed by atoms with E-state index in [2.05, 4.69) is 44.2 Å². The molecule has 1 fully saturated rings. The van der Waals surface area contributed by atoms with Gasteiger partial charge in [0.05, 0.1) is 11.5 Å². The molecule has 0 heterocycles. The Morgan fingerprint density at radius 3 is 2.25 bits per heavy atom. The molecule has 1 nitrogen and oxygen atoms in total. The van der Waals surface area contributed by atoms with Crippen LogP contribution in [0.4, 0.5) is 0 Å². The summed E-state index contributed by atoms with van der Waals surface area (Å²) in [7, 11) is 0. The number of nitrogens with zero attached hydrogens (tertiary/aromatic N) is 1. The van der Waals surface area contributed by atoms with Crippen LogP contribution in [0.2, 0.25) is 0 Å². The van der Waals surface area contributed by atoms with E-state index in [1.54, 1.807) is 0 Å². The number of nitriles is 1. The van der Waals surface area contributed by atoms with Gasteiger partial charge in [-0.05, 0) is 36.3 Å². The number of hydrogen-bond acceptors (Lipinski definition) is 1. The maximum absolute atomic E-state index is 9.19. The first kappa shape index (κ1) is 11.2.